The summed E-state index contributed by atoms with van der Waals surface area (Å²) < 4.78 is 29.4. The van der Waals surface area contributed by atoms with E-state index >= 15 is 0 Å². The van der Waals surface area contributed by atoms with Crippen LogP contribution in [0.25, 0.3) is 0 Å². The van der Waals surface area contributed by atoms with Gasteiger partial charge in [0.2, 0.25) is 11.8 Å². The summed E-state index contributed by atoms with van der Waals surface area (Å²) in [5, 5.41) is 21.9. The Morgan fingerprint density at radius 1 is 0.960 bits per heavy atom. The van der Waals surface area contributed by atoms with Gasteiger partial charge in [-0.3, -0.25) is 18.9 Å². The second-order valence-electron chi connectivity index (χ2n) is 5.12. The van der Waals surface area contributed by atoms with Crippen molar-refractivity contribution in [1.29, 1.82) is 0 Å². The van der Waals surface area contributed by atoms with Crippen molar-refractivity contribution in [2.24, 2.45) is 5.73 Å². The molecule has 0 heterocycles. The first-order valence-electron chi connectivity index (χ1n) is 7.14. The van der Waals surface area contributed by atoms with Crippen LogP contribution < -0.4 is 16.4 Å². The molecule has 0 saturated heterocycles. The molecule has 0 radical (unpaired) electrons. The highest BCUT2D eigenvalue weighted by atomic mass is 32.2. The summed E-state index contributed by atoms with van der Waals surface area (Å²) in [6, 6.07) is -2.62. The largest absolute Gasteiger partial charge is 0.480 e. The van der Waals surface area contributed by atoms with Crippen molar-refractivity contribution in [2.75, 3.05) is 12.3 Å². The molecule has 13 heteroatoms. The lowest BCUT2D eigenvalue weighted by molar-refractivity contribution is -0.142. The van der Waals surface area contributed by atoms with Crippen LogP contribution in [-0.2, 0) is 29.3 Å². The van der Waals surface area contributed by atoms with E-state index in [2.05, 4.69) is 10.6 Å². The zero-order valence-electron chi connectivity index (χ0n) is 13.2. The number of aliphatic carboxylic acids is 2. The fraction of sp³-hybridized carbons (Fsp3) is 0.667. The molecule has 7 N–H and O–H groups in total. The fourth-order valence-electron chi connectivity index (χ4n) is 1.62. The molecule has 2 atom stereocenters. The monoisotopic (exact) mass is 383 g/mol. The molecule has 12 nitrogen and oxygen atoms in total. The first kappa shape index (κ1) is 22.8. The van der Waals surface area contributed by atoms with Crippen molar-refractivity contribution in [1.82, 2.24) is 10.6 Å². The van der Waals surface area contributed by atoms with Crippen molar-refractivity contribution in [3.8, 4) is 0 Å². The predicted molar refractivity (Wildman–Crippen MR) is 83.1 cm³/mol. The lowest BCUT2D eigenvalue weighted by Crippen LogP contribution is -2.42. The molecule has 0 unspecified atom stereocenters. The van der Waals surface area contributed by atoms with Gasteiger partial charge >= 0.3 is 11.9 Å². The third-order valence-electron chi connectivity index (χ3n) is 2.98. The molecule has 0 bridgehead atoms. The molecule has 0 aliphatic heterocycles. The molecule has 0 fully saturated rings. The number of carboxylic acids is 2. The van der Waals surface area contributed by atoms with Gasteiger partial charge in [0, 0.05) is 19.4 Å². The maximum atomic E-state index is 11.6. The molecule has 25 heavy (non-hydrogen) atoms. The van der Waals surface area contributed by atoms with Crippen LogP contribution in [0.15, 0.2) is 0 Å². The number of nitrogens with one attached hydrogen (secondary N) is 2. The predicted octanol–water partition coefficient (Wildman–Crippen LogP) is -2.47. The second-order valence-corrected chi connectivity index (χ2v) is 6.69. The van der Waals surface area contributed by atoms with E-state index in [1.165, 1.54) is 0 Å². The Kier molecular flexibility index (Phi) is 9.63. The summed E-state index contributed by atoms with van der Waals surface area (Å²) in [7, 11) is -4.22. The first-order valence-corrected chi connectivity index (χ1v) is 8.75. The standard InChI is InChI=1S/C12H21N3O9S/c13-7(11(18)19)1-3-10(17)15-8(12(20)21)2-4-9(16)14-5-6-25(22,23)24/h7-8H,1-6,13H2,(H,14,16)(H,15,17)(H,18,19)(H,20,21)(H,22,23,24)/t7-,8-/m0/s1. The minimum atomic E-state index is -4.22. The maximum Gasteiger partial charge on any atom is 0.326 e. The molecule has 2 amide bonds. The van der Waals surface area contributed by atoms with E-state index in [0.29, 0.717) is 0 Å². The van der Waals surface area contributed by atoms with Crippen LogP contribution in [0.4, 0.5) is 0 Å². The van der Waals surface area contributed by atoms with Crippen LogP contribution in [0.5, 0.6) is 0 Å². The Bertz CT molecular complexity index is 605. The van der Waals surface area contributed by atoms with E-state index in [4.69, 9.17) is 20.5 Å². The third kappa shape index (κ3) is 11.9. The summed E-state index contributed by atoms with van der Waals surface area (Å²) in [4.78, 5) is 44.6. The smallest absolute Gasteiger partial charge is 0.326 e. The van der Waals surface area contributed by atoms with Crippen LogP contribution in [0, 0.1) is 0 Å². The topological polar surface area (TPSA) is 213 Å². The fourth-order valence-corrected chi connectivity index (χ4v) is 1.98. The molecular weight excluding hydrogens is 362 g/mol. The number of rotatable bonds is 12. The maximum absolute atomic E-state index is 11.6. The average Bonchev–Trinajstić information content (AvgIpc) is 2.47. The van der Waals surface area contributed by atoms with Crippen LogP contribution >= 0.6 is 0 Å². The Hall–Kier alpha value is -2.25. The number of hydrogen-bond acceptors (Lipinski definition) is 7. The highest BCUT2D eigenvalue weighted by Crippen LogP contribution is 2.01. The van der Waals surface area contributed by atoms with E-state index in [0.717, 1.165) is 0 Å². The van der Waals surface area contributed by atoms with E-state index in [9.17, 15) is 27.6 Å². The van der Waals surface area contributed by atoms with E-state index < -0.39 is 51.7 Å². The SMILES string of the molecule is N[C@@H](CCC(=O)N[C@@H](CCC(=O)NCCS(=O)(=O)O)C(=O)O)C(=O)O. The number of carbonyl (C=O) groups excluding carboxylic acids is 2. The highest BCUT2D eigenvalue weighted by molar-refractivity contribution is 7.85. The zero-order valence-corrected chi connectivity index (χ0v) is 14.0. The van der Waals surface area contributed by atoms with Gasteiger partial charge in [-0.05, 0) is 12.8 Å². The van der Waals surface area contributed by atoms with Crippen molar-refractivity contribution in [3.63, 3.8) is 0 Å². The van der Waals surface area contributed by atoms with Crippen molar-refractivity contribution in [3.05, 3.63) is 0 Å². The third-order valence-corrected chi connectivity index (χ3v) is 3.70. The molecule has 0 aromatic heterocycles. The molecule has 0 aromatic carbocycles. The van der Waals surface area contributed by atoms with E-state index in [1.807, 2.05) is 0 Å². The highest BCUT2D eigenvalue weighted by Gasteiger charge is 2.22. The van der Waals surface area contributed by atoms with Crippen LogP contribution in [0.3, 0.4) is 0 Å². The second kappa shape index (κ2) is 10.6. The number of carboxylic acid groups (broad SMARTS) is 2. The van der Waals surface area contributed by atoms with Crippen LogP contribution in [0.1, 0.15) is 25.7 Å². The summed E-state index contributed by atoms with van der Waals surface area (Å²) in [6.45, 7) is -0.338. The number of hydrogen-bond donors (Lipinski definition) is 6. The van der Waals surface area contributed by atoms with Crippen molar-refractivity contribution in [2.45, 2.75) is 37.8 Å². The molecule has 0 aliphatic carbocycles. The van der Waals surface area contributed by atoms with Gasteiger partial charge in [-0.2, -0.15) is 8.42 Å². The van der Waals surface area contributed by atoms with Gasteiger partial charge in [-0.25, -0.2) is 4.79 Å². The van der Waals surface area contributed by atoms with Crippen molar-refractivity contribution < 1.29 is 42.4 Å². The molecular formula is C12H21N3O9S. The molecule has 0 saturated carbocycles. The first-order chi connectivity index (χ1) is 11.4. The van der Waals surface area contributed by atoms with Gasteiger partial charge in [-0.1, -0.05) is 0 Å². The minimum absolute atomic E-state index is 0.177. The molecule has 0 spiro atoms. The normalized spacial score (nSPS) is 13.5. The molecule has 144 valence electrons. The molecule has 0 aromatic rings. The summed E-state index contributed by atoms with van der Waals surface area (Å²) in [6.07, 6.45) is -1.04. The zero-order chi connectivity index (χ0) is 19.6. The van der Waals surface area contributed by atoms with E-state index in [-0.39, 0.29) is 32.2 Å². The summed E-state index contributed by atoms with van der Waals surface area (Å²) in [5.41, 5.74) is 5.22. The van der Waals surface area contributed by atoms with Gasteiger partial charge in [0.15, 0.2) is 0 Å². The molecule has 0 rings (SSSR count). The van der Waals surface area contributed by atoms with E-state index in [1.54, 1.807) is 0 Å². The minimum Gasteiger partial charge on any atom is -0.480 e. The number of nitrogens with two attached hydrogens (primary N) is 1. The molecule has 0 aliphatic rings. The lowest BCUT2D eigenvalue weighted by Gasteiger charge is -2.15. The number of carbonyl (C=O) groups is 4. The number of amides is 2. The van der Waals surface area contributed by atoms with Crippen molar-refractivity contribution >= 4 is 33.9 Å². The Morgan fingerprint density at radius 3 is 2.00 bits per heavy atom. The van der Waals surface area contributed by atoms with Gasteiger partial charge in [0.05, 0.1) is 5.75 Å². The van der Waals surface area contributed by atoms with Gasteiger partial charge in [0.1, 0.15) is 12.1 Å². The Morgan fingerprint density at radius 2 is 1.52 bits per heavy atom. The quantitative estimate of drug-likeness (QED) is 0.195. The average molecular weight is 383 g/mol. The Balaban J connectivity index is 4.29. The summed E-state index contributed by atoms with van der Waals surface area (Å²) >= 11 is 0. The van der Waals surface area contributed by atoms with Crippen LogP contribution in [-0.4, -0.2) is 71.3 Å². The van der Waals surface area contributed by atoms with Gasteiger partial charge in [-0.15, -0.1) is 0 Å². The van der Waals surface area contributed by atoms with Crippen LogP contribution in [0.2, 0.25) is 0 Å². The van der Waals surface area contributed by atoms with Gasteiger partial charge < -0.3 is 26.6 Å². The summed E-state index contributed by atoms with van der Waals surface area (Å²) in [5.74, 6) is -4.74. The lowest BCUT2D eigenvalue weighted by atomic mass is 10.1. The Labute approximate surface area is 143 Å². The van der Waals surface area contributed by atoms with Gasteiger partial charge in [0.25, 0.3) is 10.1 Å².